The van der Waals surface area contributed by atoms with E-state index in [4.69, 9.17) is 5.73 Å². The molecule has 0 aliphatic heterocycles. The van der Waals surface area contributed by atoms with Gasteiger partial charge >= 0.3 is 0 Å². The largest absolute Gasteiger partial charge is 0.383 e. The maximum Gasteiger partial charge on any atom is 0.237 e. The van der Waals surface area contributed by atoms with Crippen molar-refractivity contribution < 1.29 is 4.79 Å². The number of hydrogen-bond donors (Lipinski definition) is 1. The number of thiophene rings is 1. The molecule has 3 aromatic rings. The van der Waals surface area contributed by atoms with E-state index in [0.29, 0.717) is 11.0 Å². The number of thioether (sulfide) groups is 1. The SMILES string of the molecule is Cc1sc2nc(SCC(=O)N(C)c3ccccc3)nc(N)c2c1C. The Labute approximate surface area is 148 Å². The molecule has 1 amide bonds. The number of hydrogen-bond acceptors (Lipinski definition) is 6. The Bertz CT molecular complexity index is 892. The summed E-state index contributed by atoms with van der Waals surface area (Å²) in [4.78, 5) is 24.9. The van der Waals surface area contributed by atoms with Crippen LogP contribution in [0.3, 0.4) is 0 Å². The lowest BCUT2D eigenvalue weighted by Gasteiger charge is -2.16. The number of para-hydroxylation sites is 1. The fourth-order valence-electron chi connectivity index (χ4n) is 2.34. The van der Waals surface area contributed by atoms with Gasteiger partial charge in [0, 0.05) is 17.6 Å². The quantitative estimate of drug-likeness (QED) is 0.569. The van der Waals surface area contributed by atoms with Gasteiger partial charge in [-0.05, 0) is 31.5 Å². The third kappa shape index (κ3) is 3.22. The van der Waals surface area contributed by atoms with Crippen molar-refractivity contribution in [2.45, 2.75) is 19.0 Å². The number of carbonyl (C=O) groups excluding carboxylic acids is 1. The first-order valence-electron chi connectivity index (χ1n) is 7.45. The molecular formula is C17H18N4OS2. The van der Waals surface area contributed by atoms with Gasteiger partial charge in [-0.1, -0.05) is 30.0 Å². The standard InChI is InChI=1S/C17H18N4OS2/c1-10-11(2)24-16-14(10)15(18)19-17(20-16)23-9-13(22)21(3)12-7-5-4-6-8-12/h4-8H,9H2,1-3H3,(H2,18,19,20). The summed E-state index contributed by atoms with van der Waals surface area (Å²) in [5, 5.41) is 1.46. The molecule has 0 aliphatic rings. The number of carbonyl (C=O) groups is 1. The molecular weight excluding hydrogens is 340 g/mol. The molecule has 124 valence electrons. The van der Waals surface area contributed by atoms with Crippen LogP contribution in [0.5, 0.6) is 0 Å². The van der Waals surface area contributed by atoms with E-state index in [2.05, 4.69) is 9.97 Å². The first-order chi connectivity index (χ1) is 11.5. The molecule has 5 nitrogen and oxygen atoms in total. The lowest BCUT2D eigenvalue weighted by Crippen LogP contribution is -2.27. The number of anilines is 2. The van der Waals surface area contributed by atoms with Crippen LogP contribution in [0.1, 0.15) is 10.4 Å². The van der Waals surface area contributed by atoms with Crippen molar-refractivity contribution in [3.63, 3.8) is 0 Å². The second kappa shape index (κ2) is 6.78. The minimum atomic E-state index is -0.00740. The third-order valence-electron chi connectivity index (χ3n) is 3.88. The normalized spacial score (nSPS) is 11.0. The van der Waals surface area contributed by atoms with Gasteiger partial charge in [0.1, 0.15) is 10.6 Å². The Morgan fingerprint density at radius 3 is 2.67 bits per heavy atom. The van der Waals surface area contributed by atoms with Crippen molar-refractivity contribution in [3.05, 3.63) is 40.8 Å². The molecule has 0 saturated carbocycles. The predicted octanol–water partition coefficient (Wildman–Crippen LogP) is 3.65. The Morgan fingerprint density at radius 2 is 1.96 bits per heavy atom. The van der Waals surface area contributed by atoms with Crippen molar-refractivity contribution in [1.82, 2.24) is 9.97 Å². The number of fused-ring (bicyclic) bond motifs is 1. The molecule has 2 heterocycles. The molecule has 0 fully saturated rings. The number of aryl methyl sites for hydroxylation is 2. The highest BCUT2D eigenvalue weighted by atomic mass is 32.2. The van der Waals surface area contributed by atoms with E-state index < -0.39 is 0 Å². The fraction of sp³-hybridized carbons (Fsp3) is 0.235. The average molecular weight is 358 g/mol. The number of nitrogen functional groups attached to an aromatic ring is 1. The Hall–Kier alpha value is -2.12. The molecule has 2 aromatic heterocycles. The number of rotatable bonds is 4. The number of nitrogens with zero attached hydrogens (tertiary/aromatic N) is 3. The van der Waals surface area contributed by atoms with E-state index in [1.54, 1.807) is 23.3 Å². The molecule has 2 N–H and O–H groups in total. The minimum absolute atomic E-state index is 0.00740. The maximum atomic E-state index is 12.3. The summed E-state index contributed by atoms with van der Waals surface area (Å²) >= 11 is 2.91. The lowest BCUT2D eigenvalue weighted by atomic mass is 10.2. The second-order valence-electron chi connectivity index (χ2n) is 5.43. The highest BCUT2D eigenvalue weighted by Gasteiger charge is 2.15. The van der Waals surface area contributed by atoms with Crippen LogP contribution in [0.4, 0.5) is 11.5 Å². The maximum absolute atomic E-state index is 12.3. The minimum Gasteiger partial charge on any atom is -0.383 e. The molecule has 7 heteroatoms. The van der Waals surface area contributed by atoms with Gasteiger partial charge in [-0.3, -0.25) is 4.79 Å². The Kier molecular flexibility index (Phi) is 4.73. The van der Waals surface area contributed by atoms with Crippen molar-refractivity contribution in [2.24, 2.45) is 0 Å². The van der Waals surface area contributed by atoms with E-state index in [9.17, 15) is 4.79 Å². The summed E-state index contributed by atoms with van der Waals surface area (Å²) in [6, 6.07) is 9.55. The van der Waals surface area contributed by atoms with Gasteiger partial charge < -0.3 is 10.6 Å². The van der Waals surface area contributed by atoms with Crippen LogP contribution in [-0.2, 0) is 4.79 Å². The number of nitrogens with two attached hydrogens (primary N) is 1. The van der Waals surface area contributed by atoms with E-state index in [-0.39, 0.29) is 11.7 Å². The zero-order valence-electron chi connectivity index (χ0n) is 13.7. The number of benzene rings is 1. The molecule has 3 rings (SSSR count). The Morgan fingerprint density at radius 1 is 1.25 bits per heavy atom. The summed E-state index contributed by atoms with van der Waals surface area (Å²) in [5.74, 6) is 0.736. The second-order valence-corrected chi connectivity index (χ2v) is 7.58. The molecule has 1 aromatic carbocycles. The van der Waals surface area contributed by atoms with Gasteiger partial charge in [0.15, 0.2) is 5.16 Å². The van der Waals surface area contributed by atoms with E-state index in [1.165, 1.54) is 16.6 Å². The molecule has 0 aliphatic carbocycles. The first kappa shape index (κ1) is 16.7. The average Bonchev–Trinajstić information content (AvgIpc) is 2.87. The summed E-state index contributed by atoms with van der Waals surface area (Å²) in [7, 11) is 1.77. The van der Waals surface area contributed by atoms with Gasteiger partial charge in [-0.2, -0.15) is 0 Å². The highest BCUT2D eigenvalue weighted by Crippen LogP contribution is 2.33. The van der Waals surface area contributed by atoms with Gasteiger partial charge in [-0.25, -0.2) is 9.97 Å². The van der Waals surface area contributed by atoms with Crippen LogP contribution in [0.25, 0.3) is 10.2 Å². The van der Waals surface area contributed by atoms with Crippen LogP contribution in [0.15, 0.2) is 35.5 Å². The summed E-state index contributed by atoms with van der Waals surface area (Å²) in [5.41, 5.74) is 8.07. The van der Waals surface area contributed by atoms with Crippen LogP contribution in [0.2, 0.25) is 0 Å². The summed E-state index contributed by atoms with van der Waals surface area (Å²) in [6.07, 6.45) is 0. The van der Waals surface area contributed by atoms with E-state index in [1.807, 2.05) is 44.2 Å². The van der Waals surface area contributed by atoms with Crippen molar-refractivity contribution in [1.29, 1.82) is 0 Å². The molecule has 0 atom stereocenters. The van der Waals surface area contributed by atoms with Gasteiger partial charge in [0.2, 0.25) is 5.91 Å². The van der Waals surface area contributed by atoms with Crippen molar-refractivity contribution >= 4 is 50.7 Å². The zero-order chi connectivity index (χ0) is 17.3. The fourth-order valence-corrected chi connectivity index (χ4v) is 4.20. The first-order valence-corrected chi connectivity index (χ1v) is 9.25. The Balaban J connectivity index is 1.75. The van der Waals surface area contributed by atoms with Crippen molar-refractivity contribution in [3.8, 4) is 0 Å². The molecule has 0 bridgehead atoms. The van der Waals surface area contributed by atoms with Crippen LogP contribution < -0.4 is 10.6 Å². The number of amides is 1. The predicted molar refractivity (Wildman–Crippen MR) is 102 cm³/mol. The number of aromatic nitrogens is 2. The van der Waals surface area contributed by atoms with Gasteiger partial charge in [0.25, 0.3) is 0 Å². The molecule has 0 radical (unpaired) electrons. The van der Waals surface area contributed by atoms with Crippen LogP contribution in [-0.4, -0.2) is 28.7 Å². The van der Waals surface area contributed by atoms with Crippen molar-refractivity contribution in [2.75, 3.05) is 23.4 Å². The summed E-state index contributed by atoms with van der Waals surface area (Å²) in [6.45, 7) is 4.07. The topological polar surface area (TPSA) is 72.1 Å². The van der Waals surface area contributed by atoms with E-state index >= 15 is 0 Å². The zero-order valence-corrected chi connectivity index (χ0v) is 15.4. The van der Waals surface area contributed by atoms with Gasteiger partial charge in [0.05, 0.1) is 11.1 Å². The molecule has 24 heavy (non-hydrogen) atoms. The van der Waals surface area contributed by atoms with Crippen LogP contribution >= 0.6 is 23.1 Å². The molecule has 0 saturated heterocycles. The third-order valence-corrected chi connectivity index (χ3v) is 5.81. The van der Waals surface area contributed by atoms with E-state index in [0.717, 1.165) is 21.5 Å². The monoisotopic (exact) mass is 358 g/mol. The van der Waals surface area contributed by atoms with Gasteiger partial charge in [-0.15, -0.1) is 11.3 Å². The molecule has 0 unspecified atom stereocenters. The molecule has 0 spiro atoms. The smallest absolute Gasteiger partial charge is 0.237 e. The van der Waals surface area contributed by atoms with Crippen LogP contribution in [0, 0.1) is 13.8 Å². The lowest BCUT2D eigenvalue weighted by molar-refractivity contribution is -0.115. The highest BCUT2D eigenvalue weighted by molar-refractivity contribution is 7.99. The summed E-state index contributed by atoms with van der Waals surface area (Å²) < 4.78 is 0.